The predicted octanol–water partition coefficient (Wildman–Crippen LogP) is 5.37. The van der Waals surface area contributed by atoms with E-state index in [0.717, 1.165) is 11.8 Å². The number of hydrogen-bond acceptors (Lipinski definition) is 5. The molecule has 0 aliphatic heterocycles. The molecule has 3 aromatic carbocycles. The lowest BCUT2D eigenvalue weighted by molar-refractivity contribution is -0.139. The molecule has 0 aliphatic rings. The maximum Gasteiger partial charge on any atom is 0.330 e. The summed E-state index contributed by atoms with van der Waals surface area (Å²) in [6.45, 7) is 7.53. The van der Waals surface area contributed by atoms with Gasteiger partial charge in [0, 0.05) is 11.0 Å². The number of fused-ring (bicyclic) bond motifs is 2. The quantitative estimate of drug-likeness (QED) is 0.140. The molecule has 3 aromatic rings. The van der Waals surface area contributed by atoms with E-state index >= 15 is 0 Å². The Kier molecular flexibility index (Phi) is 8.11. The van der Waals surface area contributed by atoms with Gasteiger partial charge in [0.15, 0.2) is 0 Å². The number of esters is 1. The van der Waals surface area contributed by atoms with E-state index in [1.54, 1.807) is 0 Å². The van der Waals surface area contributed by atoms with Crippen LogP contribution in [-0.4, -0.2) is 38.1 Å². The molecule has 3 rings (SSSR count). The van der Waals surface area contributed by atoms with E-state index in [-0.39, 0.29) is 6.61 Å². The molecule has 29 heavy (non-hydrogen) atoms. The van der Waals surface area contributed by atoms with Gasteiger partial charge in [-0.2, -0.15) is 0 Å². The van der Waals surface area contributed by atoms with Gasteiger partial charge in [-0.05, 0) is 51.1 Å². The van der Waals surface area contributed by atoms with E-state index < -0.39 is 5.97 Å². The number of thioether (sulfide) groups is 1. The lowest BCUT2D eigenvalue weighted by atomic mass is 9.97. The highest BCUT2D eigenvalue weighted by Crippen LogP contribution is 2.32. The molecular weight excluding hydrogens is 384 g/mol. The van der Waals surface area contributed by atoms with Crippen molar-refractivity contribution in [3.8, 4) is 0 Å². The van der Waals surface area contributed by atoms with Gasteiger partial charge >= 0.3 is 5.97 Å². The van der Waals surface area contributed by atoms with E-state index in [2.05, 4.69) is 62.0 Å². The number of ether oxygens (including phenoxy) is 3. The van der Waals surface area contributed by atoms with Crippen LogP contribution in [0.5, 0.6) is 0 Å². The van der Waals surface area contributed by atoms with Crippen molar-refractivity contribution in [1.82, 2.24) is 0 Å². The van der Waals surface area contributed by atoms with Crippen molar-refractivity contribution in [3.63, 3.8) is 0 Å². The Balaban J connectivity index is 1.65. The van der Waals surface area contributed by atoms with Gasteiger partial charge in [0.2, 0.25) is 0 Å². The van der Waals surface area contributed by atoms with Crippen molar-refractivity contribution in [3.05, 3.63) is 66.7 Å². The fourth-order valence-electron chi connectivity index (χ4n) is 3.20. The molecule has 0 heterocycles. The Morgan fingerprint density at radius 3 is 2.55 bits per heavy atom. The minimum atomic E-state index is -0.437. The third-order valence-electron chi connectivity index (χ3n) is 4.51. The van der Waals surface area contributed by atoms with Crippen LogP contribution in [0.15, 0.2) is 66.1 Å². The third kappa shape index (κ3) is 5.82. The highest BCUT2D eigenvalue weighted by molar-refractivity contribution is 7.99. The first-order valence-corrected chi connectivity index (χ1v) is 10.7. The Bertz CT molecular complexity index is 983. The second-order valence-electron chi connectivity index (χ2n) is 6.43. The summed E-state index contributed by atoms with van der Waals surface area (Å²) in [5, 5.41) is 4.90. The van der Waals surface area contributed by atoms with Crippen LogP contribution in [0.3, 0.4) is 0 Å². The highest BCUT2D eigenvalue weighted by atomic mass is 32.2. The third-order valence-corrected chi connectivity index (χ3v) is 5.39. The standard InChI is InChI=1S/C24H26O4S/c1-3-24(25)28-14-13-26-11-12-27-17-23-21-8-6-5-7-18(21)15-19-9-10-20(29-4-2)16-22(19)23/h3,5-10,15-16H,1,4,11-14,17H2,2H3. The number of benzene rings is 3. The van der Waals surface area contributed by atoms with Crippen molar-refractivity contribution in [1.29, 1.82) is 0 Å². The van der Waals surface area contributed by atoms with Crippen LogP contribution in [0, 0.1) is 0 Å². The van der Waals surface area contributed by atoms with Crippen LogP contribution in [0.2, 0.25) is 0 Å². The summed E-state index contributed by atoms with van der Waals surface area (Å²) in [7, 11) is 0. The van der Waals surface area contributed by atoms with Crippen LogP contribution in [0.25, 0.3) is 21.5 Å². The molecular formula is C24H26O4S. The van der Waals surface area contributed by atoms with Gasteiger partial charge in [-0.15, -0.1) is 11.8 Å². The van der Waals surface area contributed by atoms with Gasteiger partial charge < -0.3 is 14.2 Å². The molecule has 5 heteroatoms. The molecule has 0 saturated heterocycles. The molecule has 0 atom stereocenters. The van der Waals surface area contributed by atoms with Crippen molar-refractivity contribution in [2.45, 2.75) is 18.4 Å². The zero-order valence-electron chi connectivity index (χ0n) is 16.7. The minimum absolute atomic E-state index is 0.219. The van der Waals surface area contributed by atoms with Crippen LogP contribution >= 0.6 is 11.8 Å². The fraction of sp³-hybridized carbons (Fsp3) is 0.292. The molecule has 0 N–H and O–H groups in total. The average molecular weight is 411 g/mol. The lowest BCUT2D eigenvalue weighted by Crippen LogP contribution is -2.11. The molecule has 0 aliphatic carbocycles. The Morgan fingerprint density at radius 1 is 0.966 bits per heavy atom. The highest BCUT2D eigenvalue weighted by Gasteiger charge is 2.09. The molecule has 152 valence electrons. The van der Waals surface area contributed by atoms with Crippen molar-refractivity contribution >= 4 is 39.3 Å². The summed E-state index contributed by atoms with van der Waals surface area (Å²) in [5.74, 6) is 0.609. The zero-order chi connectivity index (χ0) is 20.5. The first-order valence-electron chi connectivity index (χ1n) is 9.74. The monoisotopic (exact) mass is 410 g/mol. The van der Waals surface area contributed by atoms with Gasteiger partial charge in [0.25, 0.3) is 0 Å². The molecule has 0 fully saturated rings. The van der Waals surface area contributed by atoms with E-state index in [4.69, 9.17) is 14.2 Å². The molecule has 0 amide bonds. The van der Waals surface area contributed by atoms with Gasteiger partial charge in [0.1, 0.15) is 6.61 Å². The van der Waals surface area contributed by atoms with Crippen LogP contribution in [0.1, 0.15) is 12.5 Å². The molecule has 0 aromatic heterocycles. The Morgan fingerprint density at radius 2 is 1.72 bits per heavy atom. The Labute approximate surface area is 175 Å². The summed E-state index contributed by atoms with van der Waals surface area (Å²) in [4.78, 5) is 12.2. The summed E-state index contributed by atoms with van der Waals surface area (Å²) in [6.07, 6.45) is 1.14. The van der Waals surface area contributed by atoms with E-state index in [1.165, 1.54) is 32.0 Å². The van der Waals surface area contributed by atoms with E-state index in [0.29, 0.717) is 26.4 Å². The number of carbonyl (C=O) groups excluding carboxylic acids is 1. The number of hydrogen-bond donors (Lipinski definition) is 0. The number of carbonyl (C=O) groups is 1. The predicted molar refractivity (Wildman–Crippen MR) is 119 cm³/mol. The molecule has 0 spiro atoms. The fourth-order valence-corrected chi connectivity index (χ4v) is 3.90. The maximum atomic E-state index is 11.0. The molecule has 0 unspecified atom stereocenters. The topological polar surface area (TPSA) is 44.8 Å². The van der Waals surface area contributed by atoms with E-state index in [1.807, 2.05) is 11.8 Å². The normalized spacial score (nSPS) is 11.1. The van der Waals surface area contributed by atoms with Gasteiger partial charge in [-0.3, -0.25) is 0 Å². The number of rotatable bonds is 11. The van der Waals surface area contributed by atoms with Gasteiger partial charge in [-0.1, -0.05) is 43.8 Å². The first kappa shape index (κ1) is 21.4. The van der Waals surface area contributed by atoms with E-state index in [9.17, 15) is 4.79 Å². The summed E-state index contributed by atoms with van der Waals surface area (Å²) >= 11 is 1.84. The van der Waals surface area contributed by atoms with Crippen molar-refractivity contribution in [2.75, 3.05) is 32.2 Å². The second-order valence-corrected chi connectivity index (χ2v) is 7.77. The molecule has 4 nitrogen and oxygen atoms in total. The lowest BCUT2D eigenvalue weighted by Gasteiger charge is -2.13. The van der Waals surface area contributed by atoms with Crippen LogP contribution in [-0.2, 0) is 25.6 Å². The summed E-state index contributed by atoms with van der Waals surface area (Å²) < 4.78 is 16.3. The molecule has 0 bridgehead atoms. The van der Waals surface area contributed by atoms with Crippen LogP contribution in [0.4, 0.5) is 0 Å². The van der Waals surface area contributed by atoms with Gasteiger partial charge in [-0.25, -0.2) is 4.79 Å². The maximum absolute atomic E-state index is 11.0. The van der Waals surface area contributed by atoms with Crippen molar-refractivity contribution in [2.24, 2.45) is 0 Å². The first-order chi connectivity index (χ1) is 14.2. The molecule has 0 saturated carbocycles. The zero-order valence-corrected chi connectivity index (χ0v) is 17.5. The van der Waals surface area contributed by atoms with Gasteiger partial charge in [0.05, 0.1) is 26.4 Å². The summed E-state index contributed by atoms with van der Waals surface area (Å²) in [5.41, 5.74) is 1.21. The molecule has 0 radical (unpaired) electrons. The SMILES string of the molecule is C=CC(=O)OCCOCCOCc1c2ccccc2cc2ccc(SCC)cc12. The average Bonchev–Trinajstić information content (AvgIpc) is 2.75. The van der Waals surface area contributed by atoms with Crippen LogP contribution < -0.4 is 0 Å². The second kappa shape index (κ2) is 11.0. The Hall–Kier alpha value is -2.34. The summed E-state index contributed by atoms with van der Waals surface area (Å²) in [6, 6.07) is 17.3. The minimum Gasteiger partial charge on any atom is -0.460 e. The largest absolute Gasteiger partial charge is 0.460 e. The van der Waals surface area contributed by atoms with Crippen molar-refractivity contribution < 1.29 is 19.0 Å². The smallest absolute Gasteiger partial charge is 0.330 e.